The molecule has 0 aliphatic heterocycles. The first-order valence-corrected chi connectivity index (χ1v) is 7.18. The average molecular weight is 254 g/mol. The smallest absolute Gasteiger partial charge is 0.315 e. The van der Waals surface area contributed by atoms with Crippen LogP contribution in [0.1, 0.15) is 58.8 Å². The van der Waals surface area contributed by atoms with Crippen molar-refractivity contribution in [1.29, 1.82) is 0 Å². The summed E-state index contributed by atoms with van der Waals surface area (Å²) in [4.78, 5) is 11.9. The number of aliphatic hydroxyl groups is 1. The van der Waals surface area contributed by atoms with Crippen LogP contribution < -0.4 is 10.6 Å². The summed E-state index contributed by atoms with van der Waals surface area (Å²) >= 11 is 0. The van der Waals surface area contributed by atoms with E-state index in [4.69, 9.17) is 0 Å². The minimum atomic E-state index is -0.639. The van der Waals surface area contributed by atoms with Gasteiger partial charge in [0.25, 0.3) is 0 Å². The van der Waals surface area contributed by atoms with E-state index >= 15 is 0 Å². The molecule has 4 nitrogen and oxygen atoms in total. The number of hydrogen-bond donors (Lipinski definition) is 3. The maximum Gasteiger partial charge on any atom is 0.315 e. The summed E-state index contributed by atoms with van der Waals surface area (Å²) in [6.07, 6.45) is 7.36. The van der Waals surface area contributed by atoms with Crippen LogP contribution >= 0.6 is 0 Å². The van der Waals surface area contributed by atoms with Gasteiger partial charge in [-0.2, -0.15) is 0 Å². The third-order valence-electron chi connectivity index (χ3n) is 4.67. The highest BCUT2D eigenvalue weighted by Crippen LogP contribution is 2.35. The van der Waals surface area contributed by atoms with Gasteiger partial charge in [-0.05, 0) is 37.5 Å². The van der Waals surface area contributed by atoms with Crippen molar-refractivity contribution in [2.24, 2.45) is 5.41 Å². The lowest BCUT2D eigenvalue weighted by molar-refractivity contribution is -0.0291. The normalized spacial score (nSPS) is 29.2. The second kappa shape index (κ2) is 5.08. The minimum absolute atomic E-state index is 0.129. The lowest BCUT2D eigenvalue weighted by atomic mass is 9.73. The van der Waals surface area contributed by atoms with Crippen molar-refractivity contribution in [1.82, 2.24) is 10.6 Å². The molecule has 1 atom stereocenters. The number of urea groups is 1. The summed E-state index contributed by atoms with van der Waals surface area (Å²) < 4.78 is 0. The molecular formula is C14H26N2O2. The molecule has 0 spiro atoms. The molecule has 2 rings (SSSR count). The van der Waals surface area contributed by atoms with E-state index in [0.29, 0.717) is 6.54 Å². The number of hydrogen-bond acceptors (Lipinski definition) is 2. The summed E-state index contributed by atoms with van der Waals surface area (Å²) in [6.45, 7) is 4.82. The standard InChI is InChI=1S/C14H26N2O2/c1-13(2)7-4-3-6-11(13)16-12(17)15-10-14(18)8-5-9-14/h11,18H,3-10H2,1-2H3,(H2,15,16,17). The van der Waals surface area contributed by atoms with Gasteiger partial charge in [0.05, 0.1) is 5.60 Å². The van der Waals surface area contributed by atoms with Crippen LogP contribution in [-0.2, 0) is 0 Å². The third kappa shape index (κ3) is 3.16. The summed E-state index contributed by atoms with van der Waals surface area (Å²) in [6, 6.07) is 0.123. The van der Waals surface area contributed by atoms with Crippen molar-refractivity contribution in [3.05, 3.63) is 0 Å². The van der Waals surface area contributed by atoms with Crippen LogP contribution in [-0.4, -0.2) is 29.3 Å². The molecule has 2 saturated carbocycles. The Morgan fingerprint density at radius 3 is 2.50 bits per heavy atom. The van der Waals surface area contributed by atoms with Crippen molar-refractivity contribution < 1.29 is 9.90 Å². The number of carbonyl (C=O) groups excluding carboxylic acids is 1. The fourth-order valence-corrected chi connectivity index (χ4v) is 2.98. The molecule has 18 heavy (non-hydrogen) atoms. The molecular weight excluding hydrogens is 228 g/mol. The van der Waals surface area contributed by atoms with Crippen LogP contribution in [0.25, 0.3) is 0 Å². The quantitative estimate of drug-likeness (QED) is 0.723. The Morgan fingerprint density at radius 1 is 1.22 bits per heavy atom. The second-order valence-electron chi connectivity index (χ2n) is 6.69. The highest BCUT2D eigenvalue weighted by Gasteiger charge is 2.36. The van der Waals surface area contributed by atoms with Gasteiger partial charge in [-0.25, -0.2) is 4.79 Å². The van der Waals surface area contributed by atoms with Crippen LogP contribution in [0.3, 0.4) is 0 Å². The molecule has 0 aromatic heterocycles. The Kier molecular flexibility index (Phi) is 3.85. The Balaban J connectivity index is 1.76. The molecule has 2 amide bonds. The zero-order valence-electron chi connectivity index (χ0n) is 11.6. The van der Waals surface area contributed by atoms with Gasteiger partial charge < -0.3 is 15.7 Å². The molecule has 0 bridgehead atoms. The van der Waals surface area contributed by atoms with Crippen LogP contribution in [0, 0.1) is 5.41 Å². The molecule has 2 fully saturated rings. The summed E-state index contributed by atoms with van der Waals surface area (Å²) in [7, 11) is 0. The molecule has 0 aromatic rings. The van der Waals surface area contributed by atoms with Crippen molar-refractivity contribution in [3.63, 3.8) is 0 Å². The lowest BCUT2D eigenvalue weighted by Gasteiger charge is -2.40. The maximum atomic E-state index is 11.9. The van der Waals surface area contributed by atoms with Crippen LogP contribution in [0.2, 0.25) is 0 Å². The Bertz CT molecular complexity index is 311. The predicted octanol–water partition coefficient (Wildman–Crippen LogP) is 2.17. The van der Waals surface area contributed by atoms with E-state index in [1.807, 2.05) is 0 Å². The first kappa shape index (κ1) is 13.7. The first-order chi connectivity index (χ1) is 8.41. The first-order valence-electron chi connectivity index (χ1n) is 7.18. The van der Waals surface area contributed by atoms with Crippen molar-refractivity contribution >= 4 is 6.03 Å². The van der Waals surface area contributed by atoms with Gasteiger partial charge in [-0.1, -0.05) is 26.7 Å². The van der Waals surface area contributed by atoms with Gasteiger partial charge in [-0.3, -0.25) is 0 Å². The van der Waals surface area contributed by atoms with Gasteiger partial charge >= 0.3 is 6.03 Å². The molecule has 0 saturated heterocycles. The number of carbonyl (C=O) groups is 1. The second-order valence-corrected chi connectivity index (χ2v) is 6.69. The fraction of sp³-hybridized carbons (Fsp3) is 0.929. The van der Waals surface area contributed by atoms with Crippen LogP contribution in [0.5, 0.6) is 0 Å². The zero-order valence-corrected chi connectivity index (χ0v) is 11.6. The van der Waals surface area contributed by atoms with E-state index in [1.165, 1.54) is 19.3 Å². The van der Waals surface area contributed by atoms with Gasteiger partial charge in [0, 0.05) is 12.6 Å². The lowest BCUT2D eigenvalue weighted by Crippen LogP contribution is -2.54. The van der Waals surface area contributed by atoms with Gasteiger partial charge in [-0.15, -0.1) is 0 Å². The van der Waals surface area contributed by atoms with Crippen molar-refractivity contribution in [3.8, 4) is 0 Å². The predicted molar refractivity (Wildman–Crippen MR) is 71.4 cm³/mol. The highest BCUT2D eigenvalue weighted by molar-refractivity contribution is 5.74. The number of nitrogens with one attached hydrogen (secondary N) is 2. The van der Waals surface area contributed by atoms with Crippen LogP contribution in [0.4, 0.5) is 4.79 Å². The van der Waals surface area contributed by atoms with Crippen molar-refractivity contribution in [2.45, 2.75) is 70.4 Å². The molecule has 3 N–H and O–H groups in total. The van der Waals surface area contributed by atoms with E-state index in [2.05, 4.69) is 24.5 Å². The maximum absolute atomic E-state index is 11.9. The fourth-order valence-electron chi connectivity index (χ4n) is 2.98. The number of rotatable bonds is 3. The van der Waals surface area contributed by atoms with Gasteiger partial charge in [0.1, 0.15) is 0 Å². The minimum Gasteiger partial charge on any atom is -0.388 e. The Labute approximate surface area is 110 Å². The SMILES string of the molecule is CC1(C)CCCCC1NC(=O)NCC1(O)CCC1. The molecule has 0 radical (unpaired) electrons. The molecule has 2 aliphatic rings. The van der Waals surface area contributed by atoms with Gasteiger partial charge in [0.2, 0.25) is 0 Å². The largest absolute Gasteiger partial charge is 0.388 e. The topological polar surface area (TPSA) is 61.4 Å². The van der Waals surface area contributed by atoms with E-state index in [9.17, 15) is 9.90 Å². The molecule has 2 aliphatic carbocycles. The van der Waals surface area contributed by atoms with Crippen LogP contribution in [0.15, 0.2) is 0 Å². The van der Waals surface area contributed by atoms with E-state index in [-0.39, 0.29) is 17.5 Å². The molecule has 1 unspecified atom stereocenters. The Morgan fingerprint density at radius 2 is 1.94 bits per heavy atom. The molecule has 0 heterocycles. The summed E-state index contributed by atoms with van der Waals surface area (Å²) in [5.74, 6) is 0. The zero-order chi connectivity index (χ0) is 13.2. The van der Waals surface area contributed by atoms with E-state index < -0.39 is 5.60 Å². The third-order valence-corrected chi connectivity index (χ3v) is 4.67. The molecule has 104 valence electrons. The summed E-state index contributed by atoms with van der Waals surface area (Å²) in [5.41, 5.74) is -0.456. The summed E-state index contributed by atoms with van der Waals surface area (Å²) in [5, 5.41) is 15.8. The van der Waals surface area contributed by atoms with Gasteiger partial charge in [0.15, 0.2) is 0 Å². The van der Waals surface area contributed by atoms with Crippen molar-refractivity contribution in [2.75, 3.05) is 6.54 Å². The monoisotopic (exact) mass is 254 g/mol. The average Bonchev–Trinajstić information content (AvgIpc) is 2.27. The van der Waals surface area contributed by atoms with E-state index in [0.717, 1.165) is 25.7 Å². The number of amides is 2. The Hall–Kier alpha value is -0.770. The molecule has 4 heteroatoms. The van der Waals surface area contributed by atoms with E-state index in [1.54, 1.807) is 0 Å². The molecule has 0 aromatic carbocycles. The highest BCUT2D eigenvalue weighted by atomic mass is 16.3.